The Bertz CT molecular complexity index is 455. The summed E-state index contributed by atoms with van der Waals surface area (Å²) < 4.78 is 27.6. The highest BCUT2D eigenvalue weighted by Gasteiger charge is 2.16. The third-order valence-corrected chi connectivity index (χ3v) is 3.09. The SMILES string of the molecule is C#CCOS(=O)(=O)c1ccccc1C. The van der Waals surface area contributed by atoms with Crippen LogP contribution in [-0.2, 0) is 14.3 Å². The molecule has 0 heterocycles. The third kappa shape index (κ3) is 2.34. The average Bonchev–Trinajstić information content (AvgIpc) is 2.15. The highest BCUT2D eigenvalue weighted by Crippen LogP contribution is 2.16. The van der Waals surface area contributed by atoms with Crippen LogP contribution in [0.15, 0.2) is 29.2 Å². The minimum Gasteiger partial charge on any atom is -0.253 e. The van der Waals surface area contributed by atoms with Crippen molar-refractivity contribution >= 4 is 10.1 Å². The smallest absolute Gasteiger partial charge is 0.253 e. The summed E-state index contributed by atoms with van der Waals surface area (Å²) in [5.41, 5.74) is 0.643. The lowest BCUT2D eigenvalue weighted by Crippen LogP contribution is -2.07. The van der Waals surface area contributed by atoms with E-state index in [1.54, 1.807) is 25.1 Å². The molecule has 1 rings (SSSR count). The normalized spacial score (nSPS) is 10.9. The molecule has 1 aromatic carbocycles. The van der Waals surface area contributed by atoms with Gasteiger partial charge in [0.05, 0.1) is 4.90 Å². The Balaban J connectivity index is 3.06. The zero-order chi connectivity index (χ0) is 10.6. The molecule has 74 valence electrons. The third-order valence-electron chi connectivity index (χ3n) is 1.66. The topological polar surface area (TPSA) is 43.4 Å². The minimum atomic E-state index is -3.70. The molecule has 0 aliphatic rings. The largest absolute Gasteiger partial charge is 0.298 e. The molecule has 0 unspecified atom stereocenters. The Morgan fingerprint density at radius 3 is 2.64 bits per heavy atom. The number of benzene rings is 1. The van der Waals surface area contributed by atoms with Crippen LogP contribution in [0.4, 0.5) is 0 Å². The summed E-state index contributed by atoms with van der Waals surface area (Å²) in [4.78, 5) is 0.162. The predicted octanol–water partition coefficient (Wildman–Crippen LogP) is 1.33. The van der Waals surface area contributed by atoms with Crippen molar-refractivity contribution in [3.05, 3.63) is 29.8 Å². The first-order valence-corrected chi connectivity index (χ1v) is 5.37. The molecule has 3 nitrogen and oxygen atoms in total. The maximum atomic E-state index is 11.5. The summed E-state index contributed by atoms with van der Waals surface area (Å²) >= 11 is 0. The van der Waals surface area contributed by atoms with Gasteiger partial charge in [-0.05, 0) is 18.6 Å². The van der Waals surface area contributed by atoms with Crippen molar-refractivity contribution in [2.24, 2.45) is 0 Å². The maximum absolute atomic E-state index is 11.5. The van der Waals surface area contributed by atoms with Crippen molar-refractivity contribution in [2.75, 3.05) is 6.61 Å². The van der Waals surface area contributed by atoms with Gasteiger partial charge in [-0.1, -0.05) is 24.1 Å². The molecule has 0 aliphatic carbocycles. The molecule has 0 saturated heterocycles. The molecule has 14 heavy (non-hydrogen) atoms. The summed E-state index contributed by atoms with van der Waals surface area (Å²) in [5.74, 6) is 2.11. The van der Waals surface area contributed by atoms with E-state index in [0.717, 1.165) is 0 Å². The van der Waals surface area contributed by atoms with Crippen LogP contribution in [0.5, 0.6) is 0 Å². The van der Waals surface area contributed by atoms with E-state index < -0.39 is 10.1 Å². The Hall–Kier alpha value is -1.31. The summed E-state index contributed by atoms with van der Waals surface area (Å²) in [7, 11) is -3.70. The Labute approximate surface area is 83.8 Å². The maximum Gasteiger partial charge on any atom is 0.298 e. The molecule has 0 bridgehead atoms. The van der Waals surface area contributed by atoms with Gasteiger partial charge in [-0.25, -0.2) is 0 Å². The van der Waals surface area contributed by atoms with Gasteiger partial charge in [0.1, 0.15) is 6.61 Å². The van der Waals surface area contributed by atoms with Crippen molar-refractivity contribution in [3.8, 4) is 12.3 Å². The second kappa shape index (κ2) is 4.27. The molecule has 1 aromatic rings. The summed E-state index contributed by atoms with van der Waals surface area (Å²) in [6, 6.07) is 6.59. The fourth-order valence-corrected chi connectivity index (χ4v) is 2.07. The Morgan fingerprint density at radius 2 is 2.07 bits per heavy atom. The van der Waals surface area contributed by atoms with Gasteiger partial charge in [0.2, 0.25) is 0 Å². The lowest BCUT2D eigenvalue weighted by atomic mass is 10.2. The van der Waals surface area contributed by atoms with Crippen LogP contribution in [0, 0.1) is 19.3 Å². The van der Waals surface area contributed by atoms with Crippen LogP contribution in [0.2, 0.25) is 0 Å². The van der Waals surface area contributed by atoms with Crippen LogP contribution >= 0.6 is 0 Å². The fourth-order valence-electron chi connectivity index (χ4n) is 1.01. The molecule has 0 aliphatic heterocycles. The van der Waals surface area contributed by atoms with Gasteiger partial charge in [-0.15, -0.1) is 6.42 Å². The second-order valence-corrected chi connectivity index (χ2v) is 4.27. The summed E-state index contributed by atoms with van der Waals surface area (Å²) in [6.45, 7) is 1.46. The van der Waals surface area contributed by atoms with Crippen molar-refractivity contribution in [3.63, 3.8) is 0 Å². The fraction of sp³-hybridized carbons (Fsp3) is 0.200. The van der Waals surface area contributed by atoms with Crippen LogP contribution in [0.25, 0.3) is 0 Å². The summed E-state index contributed by atoms with van der Waals surface area (Å²) in [6.07, 6.45) is 4.91. The van der Waals surface area contributed by atoms with Crippen LogP contribution in [0.1, 0.15) is 5.56 Å². The predicted molar refractivity (Wildman–Crippen MR) is 53.1 cm³/mol. The number of terminal acetylenes is 1. The molecule has 0 spiro atoms. The van der Waals surface area contributed by atoms with E-state index in [4.69, 9.17) is 6.42 Å². The van der Waals surface area contributed by atoms with Crippen molar-refractivity contribution in [1.82, 2.24) is 0 Å². The van der Waals surface area contributed by atoms with E-state index in [1.807, 2.05) is 0 Å². The molecule has 0 saturated carbocycles. The number of hydrogen-bond donors (Lipinski definition) is 0. The number of hydrogen-bond acceptors (Lipinski definition) is 3. The molecule has 0 amide bonds. The van der Waals surface area contributed by atoms with Gasteiger partial charge in [-0.2, -0.15) is 8.42 Å². The van der Waals surface area contributed by atoms with Gasteiger partial charge in [0, 0.05) is 0 Å². The monoisotopic (exact) mass is 210 g/mol. The molecular formula is C10H10O3S. The van der Waals surface area contributed by atoms with Gasteiger partial charge in [0.25, 0.3) is 10.1 Å². The molecule has 0 aromatic heterocycles. The van der Waals surface area contributed by atoms with E-state index in [0.29, 0.717) is 5.56 Å². The first-order valence-electron chi connectivity index (χ1n) is 3.96. The Morgan fingerprint density at radius 1 is 1.43 bits per heavy atom. The molecule has 0 N–H and O–H groups in total. The summed E-state index contributed by atoms with van der Waals surface area (Å²) in [5, 5.41) is 0. The number of rotatable bonds is 3. The van der Waals surface area contributed by atoms with Crippen molar-refractivity contribution in [1.29, 1.82) is 0 Å². The van der Waals surface area contributed by atoms with Gasteiger partial charge in [0.15, 0.2) is 0 Å². The zero-order valence-electron chi connectivity index (χ0n) is 7.73. The lowest BCUT2D eigenvalue weighted by molar-refractivity contribution is 0.363. The zero-order valence-corrected chi connectivity index (χ0v) is 8.54. The average molecular weight is 210 g/mol. The first kappa shape index (κ1) is 10.8. The standard InChI is InChI=1S/C10H10O3S/c1-3-8-13-14(11,12)10-7-5-4-6-9(10)2/h1,4-7H,8H2,2H3. The van der Waals surface area contributed by atoms with Crippen molar-refractivity contribution in [2.45, 2.75) is 11.8 Å². The molecule has 0 radical (unpaired) electrons. The van der Waals surface area contributed by atoms with E-state index in [1.165, 1.54) is 6.07 Å². The van der Waals surface area contributed by atoms with E-state index in [2.05, 4.69) is 10.1 Å². The highest BCUT2D eigenvalue weighted by atomic mass is 32.2. The van der Waals surface area contributed by atoms with E-state index in [-0.39, 0.29) is 11.5 Å². The molecule has 0 atom stereocenters. The molecule has 0 fully saturated rings. The van der Waals surface area contributed by atoms with E-state index in [9.17, 15) is 8.42 Å². The van der Waals surface area contributed by atoms with Crippen LogP contribution in [-0.4, -0.2) is 15.0 Å². The van der Waals surface area contributed by atoms with Gasteiger partial charge >= 0.3 is 0 Å². The van der Waals surface area contributed by atoms with Crippen LogP contribution in [0.3, 0.4) is 0 Å². The minimum absolute atomic E-state index is 0.162. The molecular weight excluding hydrogens is 200 g/mol. The van der Waals surface area contributed by atoms with E-state index >= 15 is 0 Å². The Kier molecular flexibility index (Phi) is 3.28. The first-order chi connectivity index (χ1) is 6.58. The van der Waals surface area contributed by atoms with Crippen LogP contribution < -0.4 is 0 Å². The quantitative estimate of drug-likeness (QED) is 0.558. The molecule has 4 heteroatoms. The lowest BCUT2D eigenvalue weighted by Gasteiger charge is -2.05. The van der Waals surface area contributed by atoms with Gasteiger partial charge < -0.3 is 0 Å². The highest BCUT2D eigenvalue weighted by molar-refractivity contribution is 7.86. The number of aryl methyl sites for hydroxylation is 1. The van der Waals surface area contributed by atoms with Crippen molar-refractivity contribution < 1.29 is 12.6 Å². The second-order valence-electron chi connectivity index (χ2n) is 2.69. The van der Waals surface area contributed by atoms with Gasteiger partial charge in [-0.3, -0.25) is 4.18 Å².